The van der Waals surface area contributed by atoms with E-state index in [9.17, 15) is 0 Å². The molecule has 2 rings (SSSR count). The fourth-order valence-electron chi connectivity index (χ4n) is 1.92. The minimum absolute atomic E-state index is 0.558. The largest absolute Gasteiger partial charge is 0.493 e. The highest BCUT2D eigenvalue weighted by atomic mass is 16.5. The van der Waals surface area contributed by atoms with Gasteiger partial charge in [-0.15, -0.1) is 6.58 Å². The van der Waals surface area contributed by atoms with Crippen molar-refractivity contribution in [3.8, 4) is 17.2 Å². The van der Waals surface area contributed by atoms with Crippen LogP contribution in [0.4, 0.5) is 11.4 Å². The first-order chi connectivity index (χ1) is 9.62. The zero-order valence-electron chi connectivity index (χ0n) is 11.4. The van der Waals surface area contributed by atoms with Gasteiger partial charge in [0.2, 0.25) is 0 Å². The maximum Gasteiger partial charge on any atom is 0.169 e. The summed E-state index contributed by atoms with van der Waals surface area (Å²) in [6.45, 7) is 3.72. The predicted octanol–water partition coefficient (Wildman–Crippen LogP) is 3.38. The molecule has 0 saturated carbocycles. The number of hydrogen-bond acceptors (Lipinski definition) is 4. The van der Waals surface area contributed by atoms with E-state index < -0.39 is 0 Å². The molecule has 2 aromatic rings. The summed E-state index contributed by atoms with van der Waals surface area (Å²) in [6.07, 6.45) is 2.62. The number of nitrogens with two attached hydrogens (primary N) is 2. The SMILES string of the molecule is C=CCc1ccc(Oc2cc(N)cc(N)c2)c(OC)c1. The maximum atomic E-state index is 5.78. The highest BCUT2D eigenvalue weighted by Crippen LogP contribution is 2.34. The second kappa shape index (κ2) is 6.02. The van der Waals surface area contributed by atoms with E-state index in [0.29, 0.717) is 28.6 Å². The molecule has 0 heterocycles. The van der Waals surface area contributed by atoms with Crippen molar-refractivity contribution in [2.24, 2.45) is 0 Å². The van der Waals surface area contributed by atoms with Gasteiger partial charge in [0.15, 0.2) is 11.5 Å². The van der Waals surface area contributed by atoms with Crippen LogP contribution in [-0.4, -0.2) is 7.11 Å². The number of methoxy groups -OCH3 is 1. The van der Waals surface area contributed by atoms with Crippen LogP contribution in [-0.2, 0) is 6.42 Å². The van der Waals surface area contributed by atoms with Gasteiger partial charge in [0.25, 0.3) is 0 Å². The fourth-order valence-corrected chi connectivity index (χ4v) is 1.92. The third-order valence-corrected chi connectivity index (χ3v) is 2.79. The molecule has 0 aliphatic carbocycles. The van der Waals surface area contributed by atoms with Gasteiger partial charge in [-0.2, -0.15) is 0 Å². The molecule has 0 bridgehead atoms. The van der Waals surface area contributed by atoms with E-state index in [1.807, 2.05) is 24.3 Å². The number of rotatable bonds is 5. The molecule has 104 valence electrons. The predicted molar refractivity (Wildman–Crippen MR) is 82.2 cm³/mol. The van der Waals surface area contributed by atoms with E-state index in [0.717, 1.165) is 12.0 Å². The molecule has 4 nitrogen and oxygen atoms in total. The smallest absolute Gasteiger partial charge is 0.169 e. The number of anilines is 2. The third-order valence-electron chi connectivity index (χ3n) is 2.79. The second-order valence-corrected chi connectivity index (χ2v) is 4.42. The van der Waals surface area contributed by atoms with Crippen LogP contribution in [0.5, 0.6) is 17.2 Å². The molecule has 4 heteroatoms. The minimum Gasteiger partial charge on any atom is -0.493 e. The van der Waals surface area contributed by atoms with Crippen molar-refractivity contribution in [2.45, 2.75) is 6.42 Å². The first kappa shape index (κ1) is 13.8. The van der Waals surface area contributed by atoms with Gasteiger partial charge in [0.05, 0.1) is 7.11 Å². The Bertz CT molecular complexity index is 604. The summed E-state index contributed by atoms with van der Waals surface area (Å²) in [5.74, 6) is 1.85. The van der Waals surface area contributed by atoms with E-state index in [2.05, 4.69) is 6.58 Å². The van der Waals surface area contributed by atoms with Crippen LogP contribution < -0.4 is 20.9 Å². The monoisotopic (exact) mass is 270 g/mol. The normalized spacial score (nSPS) is 10.1. The molecule has 0 aliphatic heterocycles. The van der Waals surface area contributed by atoms with Crippen LogP contribution in [0, 0.1) is 0 Å². The van der Waals surface area contributed by atoms with Crippen molar-refractivity contribution in [1.29, 1.82) is 0 Å². The standard InChI is InChI=1S/C16H18N2O2/c1-3-4-11-5-6-15(16(7-11)19-2)20-14-9-12(17)8-13(18)10-14/h3,5-10H,1,4,17-18H2,2H3. The molecule has 0 radical (unpaired) electrons. The Hall–Kier alpha value is -2.62. The number of allylic oxidation sites excluding steroid dienone is 1. The summed E-state index contributed by atoms with van der Waals surface area (Å²) >= 11 is 0. The van der Waals surface area contributed by atoms with Crippen LogP contribution in [0.25, 0.3) is 0 Å². The Balaban J connectivity index is 2.30. The average Bonchev–Trinajstić information content (AvgIpc) is 2.39. The van der Waals surface area contributed by atoms with Crippen molar-refractivity contribution >= 4 is 11.4 Å². The average molecular weight is 270 g/mol. The number of benzene rings is 2. The Morgan fingerprint density at radius 3 is 2.35 bits per heavy atom. The maximum absolute atomic E-state index is 5.78. The lowest BCUT2D eigenvalue weighted by molar-refractivity contribution is 0.378. The van der Waals surface area contributed by atoms with Gasteiger partial charge in [0, 0.05) is 23.5 Å². The van der Waals surface area contributed by atoms with Crippen LogP contribution in [0.3, 0.4) is 0 Å². The third kappa shape index (κ3) is 3.23. The summed E-state index contributed by atoms with van der Waals surface area (Å²) < 4.78 is 11.1. The van der Waals surface area contributed by atoms with Crippen molar-refractivity contribution < 1.29 is 9.47 Å². The van der Waals surface area contributed by atoms with Crippen molar-refractivity contribution in [1.82, 2.24) is 0 Å². The van der Waals surface area contributed by atoms with E-state index in [-0.39, 0.29) is 0 Å². The Labute approximate surface area is 118 Å². The Morgan fingerprint density at radius 2 is 1.75 bits per heavy atom. The summed E-state index contributed by atoms with van der Waals surface area (Å²) in [7, 11) is 1.60. The van der Waals surface area contributed by atoms with Crippen LogP contribution in [0.1, 0.15) is 5.56 Å². The summed E-state index contributed by atoms with van der Waals surface area (Å²) in [5, 5.41) is 0. The van der Waals surface area contributed by atoms with Gasteiger partial charge in [-0.25, -0.2) is 0 Å². The van der Waals surface area contributed by atoms with E-state index in [4.69, 9.17) is 20.9 Å². The Kier molecular flexibility index (Phi) is 4.15. The highest BCUT2D eigenvalue weighted by molar-refractivity contribution is 5.58. The molecule has 0 aliphatic rings. The molecule has 0 spiro atoms. The van der Waals surface area contributed by atoms with Crippen molar-refractivity contribution in [2.75, 3.05) is 18.6 Å². The van der Waals surface area contributed by atoms with E-state index >= 15 is 0 Å². The minimum atomic E-state index is 0.558. The van der Waals surface area contributed by atoms with Gasteiger partial charge in [-0.05, 0) is 30.2 Å². The molecule has 0 fully saturated rings. The number of ether oxygens (including phenoxy) is 2. The molecule has 0 saturated heterocycles. The van der Waals surface area contributed by atoms with E-state index in [1.165, 1.54) is 0 Å². The van der Waals surface area contributed by atoms with Gasteiger partial charge in [0.1, 0.15) is 5.75 Å². The summed E-state index contributed by atoms with van der Waals surface area (Å²) in [6, 6.07) is 10.9. The Morgan fingerprint density at radius 1 is 1.05 bits per heavy atom. The first-order valence-electron chi connectivity index (χ1n) is 6.24. The molecule has 4 N–H and O–H groups in total. The lowest BCUT2D eigenvalue weighted by atomic mass is 10.1. The molecular weight excluding hydrogens is 252 g/mol. The molecule has 0 amide bonds. The molecule has 0 unspecified atom stereocenters. The number of hydrogen-bond donors (Lipinski definition) is 2. The van der Waals surface area contributed by atoms with Gasteiger partial charge in [-0.3, -0.25) is 0 Å². The topological polar surface area (TPSA) is 70.5 Å². The fraction of sp³-hybridized carbons (Fsp3) is 0.125. The van der Waals surface area contributed by atoms with Crippen molar-refractivity contribution in [3.63, 3.8) is 0 Å². The quantitative estimate of drug-likeness (QED) is 0.645. The van der Waals surface area contributed by atoms with E-state index in [1.54, 1.807) is 25.3 Å². The molecule has 2 aromatic carbocycles. The first-order valence-corrected chi connectivity index (χ1v) is 6.24. The van der Waals surface area contributed by atoms with Crippen molar-refractivity contribution in [3.05, 3.63) is 54.6 Å². The molecule has 0 aromatic heterocycles. The van der Waals surface area contributed by atoms with Crippen LogP contribution in [0.15, 0.2) is 49.1 Å². The second-order valence-electron chi connectivity index (χ2n) is 4.42. The summed E-state index contributed by atoms with van der Waals surface area (Å²) in [4.78, 5) is 0. The number of nitrogen functional groups attached to an aromatic ring is 2. The highest BCUT2D eigenvalue weighted by Gasteiger charge is 2.07. The molecule has 0 atom stereocenters. The lowest BCUT2D eigenvalue weighted by Crippen LogP contribution is -1.95. The lowest BCUT2D eigenvalue weighted by Gasteiger charge is -2.12. The summed E-state index contributed by atoms with van der Waals surface area (Å²) in [5.41, 5.74) is 13.7. The van der Waals surface area contributed by atoms with Crippen LogP contribution >= 0.6 is 0 Å². The molecular formula is C16H18N2O2. The molecule has 20 heavy (non-hydrogen) atoms. The van der Waals surface area contributed by atoms with Gasteiger partial charge >= 0.3 is 0 Å². The van der Waals surface area contributed by atoms with Gasteiger partial charge < -0.3 is 20.9 Å². The zero-order chi connectivity index (χ0) is 14.5. The van der Waals surface area contributed by atoms with Crippen LogP contribution in [0.2, 0.25) is 0 Å². The zero-order valence-corrected chi connectivity index (χ0v) is 11.4. The van der Waals surface area contributed by atoms with Gasteiger partial charge in [-0.1, -0.05) is 12.1 Å².